The van der Waals surface area contributed by atoms with E-state index < -0.39 is 0 Å². The molecule has 2 aromatic heterocycles. The molecular weight excluding hydrogens is 354 g/mol. The number of pyridine rings is 1. The van der Waals surface area contributed by atoms with Gasteiger partial charge in [-0.3, -0.25) is 14.7 Å². The Morgan fingerprint density at radius 2 is 2.11 bits per heavy atom. The molecule has 1 aliphatic rings. The lowest BCUT2D eigenvalue weighted by Crippen LogP contribution is -2.39. The normalized spacial score (nSPS) is 19.6. The fourth-order valence-electron chi connectivity index (χ4n) is 3.70. The molecule has 7 nitrogen and oxygen atoms in total. The van der Waals surface area contributed by atoms with Crippen LogP contribution in [-0.2, 0) is 11.2 Å². The highest BCUT2D eigenvalue weighted by atomic mass is 16.5. The number of amides is 1. The maximum Gasteiger partial charge on any atom is 0.227 e. The third-order valence-corrected chi connectivity index (χ3v) is 5.09. The molecule has 3 heterocycles. The molecule has 1 saturated heterocycles. The fourth-order valence-corrected chi connectivity index (χ4v) is 3.70. The van der Waals surface area contributed by atoms with Crippen LogP contribution in [0.5, 0.6) is 0 Å². The first-order valence-electron chi connectivity index (χ1n) is 9.48. The van der Waals surface area contributed by atoms with Gasteiger partial charge in [-0.15, -0.1) is 0 Å². The molecule has 1 fully saturated rings. The topological polar surface area (TPSA) is 84.2 Å². The van der Waals surface area contributed by atoms with Gasteiger partial charge in [0.2, 0.25) is 17.6 Å². The standard InChI is InChI=1S/C21H23N5O2/c1-26-13-11-17(20(26)15-6-3-2-4-7-15)23-18(27)9-10-19-24-21(25-28-19)16-8-5-12-22-14-16/h2-8,12,14,17,20H,9-11,13H2,1H3,(H,23,27)/t17-,20-/m1/s1. The van der Waals surface area contributed by atoms with Crippen molar-refractivity contribution in [1.82, 2.24) is 25.3 Å². The Labute approximate surface area is 163 Å². The van der Waals surface area contributed by atoms with Crippen molar-refractivity contribution in [2.75, 3.05) is 13.6 Å². The second-order valence-corrected chi connectivity index (χ2v) is 7.05. The number of carbonyl (C=O) groups excluding carboxylic acids is 1. The van der Waals surface area contributed by atoms with Gasteiger partial charge in [0.05, 0.1) is 6.04 Å². The Kier molecular flexibility index (Phi) is 5.43. The summed E-state index contributed by atoms with van der Waals surface area (Å²) in [7, 11) is 2.10. The van der Waals surface area contributed by atoms with Gasteiger partial charge in [-0.1, -0.05) is 35.5 Å². The number of hydrogen-bond donors (Lipinski definition) is 1. The summed E-state index contributed by atoms with van der Waals surface area (Å²) in [5.74, 6) is 0.949. The zero-order chi connectivity index (χ0) is 19.3. The van der Waals surface area contributed by atoms with Crippen molar-refractivity contribution in [2.45, 2.75) is 31.3 Å². The predicted octanol–water partition coefficient (Wildman–Crippen LogP) is 2.63. The smallest absolute Gasteiger partial charge is 0.227 e. The van der Waals surface area contributed by atoms with Gasteiger partial charge < -0.3 is 9.84 Å². The Hall–Kier alpha value is -3.06. The number of likely N-dealkylation sites (N-methyl/N-ethyl adjacent to an activating group) is 1. The van der Waals surface area contributed by atoms with Gasteiger partial charge >= 0.3 is 0 Å². The molecule has 0 spiro atoms. The summed E-state index contributed by atoms with van der Waals surface area (Å²) in [6, 6.07) is 14.3. The Bertz CT molecular complexity index is 913. The third-order valence-electron chi connectivity index (χ3n) is 5.09. The van der Waals surface area contributed by atoms with Crippen LogP contribution in [0.3, 0.4) is 0 Å². The predicted molar refractivity (Wildman–Crippen MR) is 104 cm³/mol. The average Bonchev–Trinajstić information content (AvgIpc) is 3.35. The van der Waals surface area contributed by atoms with Crippen molar-refractivity contribution in [3.05, 3.63) is 66.3 Å². The lowest BCUT2D eigenvalue weighted by Gasteiger charge is -2.26. The van der Waals surface area contributed by atoms with Crippen molar-refractivity contribution in [1.29, 1.82) is 0 Å². The SMILES string of the molecule is CN1CC[C@@H](NC(=O)CCc2nc(-c3cccnc3)no2)[C@H]1c1ccccc1. The number of aryl methyl sites for hydroxylation is 1. The van der Waals surface area contributed by atoms with Crippen molar-refractivity contribution < 1.29 is 9.32 Å². The lowest BCUT2D eigenvalue weighted by molar-refractivity contribution is -0.122. The molecule has 1 aliphatic heterocycles. The Balaban J connectivity index is 1.34. The van der Waals surface area contributed by atoms with Crippen LogP contribution in [0.15, 0.2) is 59.4 Å². The van der Waals surface area contributed by atoms with Gasteiger partial charge in [0.25, 0.3) is 0 Å². The largest absolute Gasteiger partial charge is 0.351 e. The van der Waals surface area contributed by atoms with E-state index >= 15 is 0 Å². The minimum absolute atomic E-state index is 0.00218. The van der Waals surface area contributed by atoms with E-state index in [0.717, 1.165) is 18.5 Å². The maximum absolute atomic E-state index is 12.5. The highest BCUT2D eigenvalue weighted by molar-refractivity contribution is 5.76. The molecule has 1 amide bonds. The first-order valence-corrected chi connectivity index (χ1v) is 9.48. The molecule has 1 N–H and O–H groups in total. The zero-order valence-electron chi connectivity index (χ0n) is 15.8. The van der Waals surface area contributed by atoms with Crippen LogP contribution in [-0.4, -0.2) is 45.6 Å². The number of benzene rings is 1. The van der Waals surface area contributed by atoms with Crippen LogP contribution in [0.4, 0.5) is 0 Å². The molecule has 144 valence electrons. The number of carbonyl (C=O) groups is 1. The van der Waals surface area contributed by atoms with E-state index in [-0.39, 0.29) is 18.0 Å². The quantitative estimate of drug-likeness (QED) is 0.711. The van der Waals surface area contributed by atoms with Crippen LogP contribution < -0.4 is 5.32 Å². The van der Waals surface area contributed by atoms with Gasteiger partial charge in [-0.25, -0.2) is 0 Å². The molecule has 0 saturated carbocycles. The first-order chi connectivity index (χ1) is 13.7. The Morgan fingerprint density at radius 3 is 2.89 bits per heavy atom. The molecule has 7 heteroatoms. The van der Waals surface area contributed by atoms with Gasteiger partial charge in [0.1, 0.15) is 0 Å². The van der Waals surface area contributed by atoms with Gasteiger partial charge in [-0.2, -0.15) is 4.98 Å². The maximum atomic E-state index is 12.5. The first kappa shape index (κ1) is 18.3. The van der Waals surface area contributed by atoms with E-state index in [9.17, 15) is 4.79 Å². The third kappa shape index (κ3) is 4.09. The second kappa shape index (κ2) is 8.31. The molecule has 3 aromatic rings. The number of nitrogens with one attached hydrogen (secondary N) is 1. The molecule has 4 rings (SSSR count). The second-order valence-electron chi connectivity index (χ2n) is 7.05. The highest BCUT2D eigenvalue weighted by Gasteiger charge is 2.33. The molecule has 2 atom stereocenters. The van der Waals surface area contributed by atoms with Crippen LogP contribution in [0.1, 0.15) is 30.3 Å². The molecule has 0 radical (unpaired) electrons. The van der Waals surface area contributed by atoms with E-state index in [2.05, 4.69) is 44.5 Å². The van der Waals surface area contributed by atoms with Crippen molar-refractivity contribution >= 4 is 5.91 Å². The molecule has 0 aliphatic carbocycles. The van der Waals surface area contributed by atoms with E-state index in [1.165, 1.54) is 5.56 Å². The van der Waals surface area contributed by atoms with Gasteiger partial charge in [0, 0.05) is 43.4 Å². The number of rotatable bonds is 6. The summed E-state index contributed by atoms with van der Waals surface area (Å²) >= 11 is 0. The highest BCUT2D eigenvalue weighted by Crippen LogP contribution is 2.30. The summed E-state index contributed by atoms with van der Waals surface area (Å²) in [4.78, 5) is 23.2. The average molecular weight is 377 g/mol. The minimum Gasteiger partial charge on any atom is -0.351 e. The monoisotopic (exact) mass is 377 g/mol. The van der Waals surface area contributed by atoms with Gasteiger partial charge in [-0.05, 0) is 31.2 Å². The summed E-state index contributed by atoms with van der Waals surface area (Å²) in [6.07, 6.45) is 5.04. The van der Waals surface area contributed by atoms with E-state index in [0.29, 0.717) is 24.6 Å². The summed E-state index contributed by atoms with van der Waals surface area (Å²) in [6.45, 7) is 0.961. The number of likely N-dealkylation sites (tertiary alicyclic amines) is 1. The Morgan fingerprint density at radius 1 is 1.25 bits per heavy atom. The number of aromatic nitrogens is 3. The summed E-state index contributed by atoms with van der Waals surface area (Å²) in [5, 5.41) is 7.15. The van der Waals surface area contributed by atoms with E-state index in [4.69, 9.17) is 4.52 Å². The zero-order valence-corrected chi connectivity index (χ0v) is 15.8. The van der Waals surface area contributed by atoms with Crippen molar-refractivity contribution in [3.63, 3.8) is 0 Å². The molecule has 1 aromatic carbocycles. The minimum atomic E-state index is 0.00218. The number of nitrogens with zero attached hydrogens (tertiary/aromatic N) is 4. The van der Waals surface area contributed by atoms with E-state index in [1.54, 1.807) is 12.4 Å². The summed E-state index contributed by atoms with van der Waals surface area (Å²) in [5.41, 5.74) is 2.02. The van der Waals surface area contributed by atoms with E-state index in [1.807, 2.05) is 30.3 Å². The lowest BCUT2D eigenvalue weighted by atomic mass is 10.00. The number of hydrogen-bond acceptors (Lipinski definition) is 6. The molecule has 0 unspecified atom stereocenters. The molecular formula is C21H23N5O2. The van der Waals surface area contributed by atoms with Crippen LogP contribution in [0.25, 0.3) is 11.4 Å². The van der Waals surface area contributed by atoms with Crippen LogP contribution in [0.2, 0.25) is 0 Å². The van der Waals surface area contributed by atoms with Crippen molar-refractivity contribution in [2.24, 2.45) is 0 Å². The van der Waals surface area contributed by atoms with Crippen LogP contribution in [0, 0.1) is 0 Å². The van der Waals surface area contributed by atoms with Crippen LogP contribution >= 0.6 is 0 Å². The summed E-state index contributed by atoms with van der Waals surface area (Å²) < 4.78 is 5.27. The van der Waals surface area contributed by atoms with Crippen molar-refractivity contribution in [3.8, 4) is 11.4 Å². The molecule has 28 heavy (non-hydrogen) atoms. The van der Waals surface area contributed by atoms with Gasteiger partial charge in [0.15, 0.2) is 0 Å². The fraction of sp³-hybridized carbons (Fsp3) is 0.333. The molecule has 0 bridgehead atoms.